The molecular weight excluding hydrogens is 781 g/mol. The fourth-order valence-corrected chi connectivity index (χ4v) is 7.04. The molecule has 0 saturated carbocycles. The molecule has 360 valence electrons. The quantitative estimate of drug-likeness (QED) is 0.0199. The van der Waals surface area contributed by atoms with E-state index in [-0.39, 0.29) is 31.1 Å². The second-order valence-corrected chi connectivity index (χ2v) is 17.1. The van der Waals surface area contributed by atoms with Crippen LogP contribution in [0.2, 0.25) is 0 Å². The van der Waals surface area contributed by atoms with Crippen LogP contribution in [-0.2, 0) is 28.6 Å². The van der Waals surface area contributed by atoms with Crippen molar-refractivity contribution < 1.29 is 28.6 Å². The number of esters is 3. The molecule has 0 aromatic rings. The van der Waals surface area contributed by atoms with E-state index in [9.17, 15) is 14.4 Å². The van der Waals surface area contributed by atoms with Gasteiger partial charge in [0.05, 0.1) is 0 Å². The maximum Gasteiger partial charge on any atom is 0.306 e. The summed E-state index contributed by atoms with van der Waals surface area (Å²) in [6.45, 7) is 6.35. The van der Waals surface area contributed by atoms with Gasteiger partial charge >= 0.3 is 17.9 Å². The van der Waals surface area contributed by atoms with Gasteiger partial charge in [-0.1, -0.05) is 209 Å². The number of unbranched alkanes of at least 4 members (excludes halogenated alkanes) is 23. The van der Waals surface area contributed by atoms with Crippen LogP contribution in [-0.4, -0.2) is 37.2 Å². The first-order chi connectivity index (χ1) is 31.0. The SMILES string of the molecule is CC/C=C/C=C/C=C/CCCCCCCC(=O)OCC(COC(=O)CCCCCCCC/C=C/C/C=C/C/C=C/CC)OC(=O)CCCCCCC/C=C/CCCCCCCCC. The van der Waals surface area contributed by atoms with Crippen molar-refractivity contribution in [1.29, 1.82) is 0 Å². The minimum absolute atomic E-state index is 0.0940. The number of allylic oxidation sites excluding steroid dienone is 14. The van der Waals surface area contributed by atoms with Crippen molar-refractivity contribution >= 4 is 17.9 Å². The molecule has 6 nitrogen and oxygen atoms in total. The molecule has 0 rings (SSSR count). The molecule has 0 aliphatic heterocycles. The highest BCUT2D eigenvalue weighted by Gasteiger charge is 2.19. The number of carbonyl (C=O) groups is 3. The molecule has 0 radical (unpaired) electrons. The van der Waals surface area contributed by atoms with Gasteiger partial charge in [-0.3, -0.25) is 14.4 Å². The summed E-state index contributed by atoms with van der Waals surface area (Å²) < 4.78 is 16.8. The van der Waals surface area contributed by atoms with Crippen molar-refractivity contribution in [2.75, 3.05) is 13.2 Å². The molecule has 0 amide bonds. The third kappa shape index (κ3) is 49.5. The maximum absolute atomic E-state index is 12.8. The molecule has 0 N–H and O–H groups in total. The highest BCUT2D eigenvalue weighted by Crippen LogP contribution is 2.14. The lowest BCUT2D eigenvalue weighted by Crippen LogP contribution is -2.30. The monoisotopic (exact) mass is 877 g/mol. The van der Waals surface area contributed by atoms with E-state index in [0.717, 1.165) is 122 Å². The second kappa shape index (κ2) is 51.2. The van der Waals surface area contributed by atoms with Crippen molar-refractivity contribution in [1.82, 2.24) is 0 Å². The Morgan fingerprint density at radius 3 is 1.16 bits per heavy atom. The molecule has 0 aliphatic carbocycles. The molecule has 6 heteroatoms. The molecule has 0 aliphatic rings. The molecule has 0 aromatic carbocycles. The van der Waals surface area contributed by atoms with Gasteiger partial charge in [-0.25, -0.2) is 0 Å². The van der Waals surface area contributed by atoms with Gasteiger partial charge in [0, 0.05) is 19.3 Å². The standard InChI is InChI=1S/C57H96O6/c1-4-7-10-13-16-19-22-25-27-29-32-35-38-41-44-47-50-56(59)62-53-54(52-61-55(58)49-46-43-40-37-34-31-24-21-18-15-12-9-6-3)63-57(60)51-48-45-42-39-36-33-30-28-26-23-20-17-14-11-8-5-2/h7,9-10,12,15-16,18-19,21,24-25,27-28,30,54H,4-6,8,11,13-14,17,20,22-23,26,29,31-53H2,1-3H3/b10-7+,12-9+,18-15+,19-16+,24-21+,27-25+,30-28+. The van der Waals surface area contributed by atoms with E-state index >= 15 is 0 Å². The molecule has 1 unspecified atom stereocenters. The van der Waals surface area contributed by atoms with E-state index in [4.69, 9.17) is 14.2 Å². The summed E-state index contributed by atoms with van der Waals surface area (Å²) in [6, 6.07) is 0. The van der Waals surface area contributed by atoms with Crippen LogP contribution in [0.4, 0.5) is 0 Å². The maximum atomic E-state index is 12.8. The van der Waals surface area contributed by atoms with Gasteiger partial charge in [-0.15, -0.1) is 0 Å². The lowest BCUT2D eigenvalue weighted by Gasteiger charge is -2.18. The molecule has 0 fully saturated rings. The largest absolute Gasteiger partial charge is 0.462 e. The third-order valence-electron chi connectivity index (χ3n) is 10.9. The minimum Gasteiger partial charge on any atom is -0.462 e. The summed E-state index contributed by atoms with van der Waals surface area (Å²) >= 11 is 0. The summed E-state index contributed by atoms with van der Waals surface area (Å²) in [5, 5.41) is 0. The third-order valence-corrected chi connectivity index (χ3v) is 10.9. The molecule has 0 bridgehead atoms. The predicted octanol–water partition coefficient (Wildman–Crippen LogP) is 17.2. The molecule has 0 aromatic heterocycles. The van der Waals surface area contributed by atoms with E-state index in [2.05, 4.69) is 106 Å². The first kappa shape index (κ1) is 59.6. The van der Waals surface area contributed by atoms with Gasteiger partial charge < -0.3 is 14.2 Å². The van der Waals surface area contributed by atoms with Crippen LogP contribution in [0, 0.1) is 0 Å². The van der Waals surface area contributed by atoms with Crippen molar-refractivity contribution in [3.63, 3.8) is 0 Å². The van der Waals surface area contributed by atoms with E-state index in [1.54, 1.807) is 0 Å². The molecule has 0 saturated heterocycles. The smallest absolute Gasteiger partial charge is 0.306 e. The number of carbonyl (C=O) groups excluding carboxylic acids is 3. The Hall–Kier alpha value is -3.41. The number of hydrogen-bond donors (Lipinski definition) is 0. The van der Waals surface area contributed by atoms with Crippen LogP contribution in [0.1, 0.15) is 239 Å². The number of ether oxygens (including phenoxy) is 3. The normalized spacial score (nSPS) is 12.7. The van der Waals surface area contributed by atoms with E-state index in [0.29, 0.717) is 19.3 Å². The highest BCUT2D eigenvalue weighted by atomic mass is 16.6. The zero-order chi connectivity index (χ0) is 45.8. The van der Waals surface area contributed by atoms with Gasteiger partial charge in [-0.2, -0.15) is 0 Å². The zero-order valence-corrected chi connectivity index (χ0v) is 41.1. The Labute approximate surface area is 388 Å². The topological polar surface area (TPSA) is 78.9 Å². The average molecular weight is 877 g/mol. The van der Waals surface area contributed by atoms with E-state index < -0.39 is 6.10 Å². The lowest BCUT2D eigenvalue weighted by molar-refractivity contribution is -0.167. The predicted molar refractivity (Wildman–Crippen MR) is 270 cm³/mol. The molecule has 63 heavy (non-hydrogen) atoms. The van der Waals surface area contributed by atoms with Gasteiger partial charge in [0.15, 0.2) is 6.10 Å². The summed E-state index contributed by atoms with van der Waals surface area (Å²) in [5.41, 5.74) is 0. The van der Waals surface area contributed by atoms with Crippen LogP contribution in [0.15, 0.2) is 85.1 Å². The summed E-state index contributed by atoms with van der Waals surface area (Å²) in [7, 11) is 0. The van der Waals surface area contributed by atoms with E-state index in [1.165, 1.54) is 77.0 Å². The Bertz CT molecular complexity index is 1240. The Morgan fingerprint density at radius 1 is 0.349 bits per heavy atom. The van der Waals surface area contributed by atoms with Crippen LogP contribution in [0.3, 0.4) is 0 Å². The van der Waals surface area contributed by atoms with Gasteiger partial charge in [0.2, 0.25) is 0 Å². The highest BCUT2D eigenvalue weighted by molar-refractivity contribution is 5.71. The molecule has 0 heterocycles. The zero-order valence-electron chi connectivity index (χ0n) is 41.1. The lowest BCUT2D eigenvalue weighted by atomic mass is 10.1. The van der Waals surface area contributed by atoms with Crippen molar-refractivity contribution in [2.45, 2.75) is 245 Å². The molecule has 0 spiro atoms. The molecular formula is C57H96O6. The number of hydrogen-bond acceptors (Lipinski definition) is 6. The second-order valence-electron chi connectivity index (χ2n) is 17.1. The summed E-state index contributed by atoms with van der Waals surface area (Å²) in [4.78, 5) is 38.0. The fraction of sp³-hybridized carbons (Fsp3) is 0.702. The minimum atomic E-state index is -0.795. The van der Waals surface area contributed by atoms with Crippen LogP contribution < -0.4 is 0 Å². The van der Waals surface area contributed by atoms with Crippen molar-refractivity contribution in [3.8, 4) is 0 Å². The van der Waals surface area contributed by atoms with Gasteiger partial charge in [-0.05, 0) is 96.3 Å². The summed E-state index contributed by atoms with van der Waals surface area (Å²) in [5.74, 6) is -0.935. The number of rotatable bonds is 46. The summed E-state index contributed by atoms with van der Waals surface area (Å²) in [6.07, 6.45) is 65.6. The Morgan fingerprint density at radius 2 is 0.698 bits per heavy atom. The van der Waals surface area contributed by atoms with E-state index in [1.807, 2.05) is 0 Å². The molecule has 1 atom stereocenters. The Balaban J connectivity index is 4.44. The van der Waals surface area contributed by atoms with Crippen LogP contribution in [0.25, 0.3) is 0 Å². The van der Waals surface area contributed by atoms with Gasteiger partial charge in [0.25, 0.3) is 0 Å². The first-order valence-corrected chi connectivity index (χ1v) is 26.1. The van der Waals surface area contributed by atoms with Crippen molar-refractivity contribution in [3.05, 3.63) is 85.1 Å². The average Bonchev–Trinajstić information content (AvgIpc) is 3.28. The van der Waals surface area contributed by atoms with Crippen LogP contribution in [0.5, 0.6) is 0 Å². The van der Waals surface area contributed by atoms with Crippen molar-refractivity contribution in [2.24, 2.45) is 0 Å². The first-order valence-electron chi connectivity index (χ1n) is 26.1. The Kier molecular flexibility index (Phi) is 48.5. The fourth-order valence-electron chi connectivity index (χ4n) is 7.04. The van der Waals surface area contributed by atoms with Gasteiger partial charge in [0.1, 0.15) is 13.2 Å². The van der Waals surface area contributed by atoms with Crippen LogP contribution >= 0.6 is 0 Å².